The molecular formula is C62H38S4. The van der Waals surface area contributed by atoms with Crippen LogP contribution in [-0.4, -0.2) is 0 Å². The minimum Gasteiger partial charge on any atom is -0.134 e. The monoisotopic (exact) mass is 910 g/mol. The molecular weight excluding hydrogens is 873 g/mol. The SMILES string of the molecule is c1ccc(-c2ccc(-c3ccc(-c4ccc5c(-c6ccc7ccccc7c6)c6cc(-c7ccc(-c8ccc(-c9ccccc9)s8)s7)ccc6c(-c6ccc7ccccc7c6)c5c4)s3)s2)cc1. The third kappa shape index (κ3) is 7.02. The Morgan fingerprint density at radius 3 is 0.894 bits per heavy atom. The van der Waals surface area contributed by atoms with Crippen LogP contribution in [0, 0.1) is 0 Å². The first-order valence-corrected chi connectivity index (χ1v) is 25.5. The molecule has 13 rings (SSSR count). The number of thiophene rings is 4. The van der Waals surface area contributed by atoms with Crippen LogP contribution in [0.2, 0.25) is 0 Å². The topological polar surface area (TPSA) is 0 Å². The average Bonchev–Trinajstić information content (AvgIpc) is 4.24. The smallest absolute Gasteiger partial charge is 0.0449 e. The first-order valence-electron chi connectivity index (χ1n) is 22.2. The highest BCUT2D eigenvalue weighted by molar-refractivity contribution is 7.25. The maximum atomic E-state index is 2.47. The Hall–Kier alpha value is -7.18. The molecule has 310 valence electrons. The van der Waals surface area contributed by atoms with E-state index in [2.05, 4.69) is 231 Å². The quantitative estimate of drug-likeness (QED) is 0.133. The molecule has 0 nitrogen and oxygen atoms in total. The highest BCUT2D eigenvalue weighted by Gasteiger charge is 2.21. The Kier molecular flexibility index (Phi) is 9.72. The zero-order chi connectivity index (χ0) is 43.6. The first kappa shape index (κ1) is 39.2. The molecule has 4 aromatic heterocycles. The van der Waals surface area contributed by atoms with Gasteiger partial charge in [0.15, 0.2) is 0 Å². The molecule has 0 saturated carbocycles. The summed E-state index contributed by atoms with van der Waals surface area (Å²) in [6.07, 6.45) is 0. The molecule has 0 bridgehead atoms. The van der Waals surface area contributed by atoms with Gasteiger partial charge in [0.1, 0.15) is 0 Å². The summed E-state index contributed by atoms with van der Waals surface area (Å²) < 4.78 is 0. The van der Waals surface area contributed by atoms with Gasteiger partial charge in [-0.15, -0.1) is 45.3 Å². The van der Waals surface area contributed by atoms with E-state index in [-0.39, 0.29) is 0 Å². The van der Waals surface area contributed by atoms with Crippen LogP contribution in [0.3, 0.4) is 0 Å². The summed E-state index contributed by atoms with van der Waals surface area (Å²) in [5.74, 6) is 0. The van der Waals surface area contributed by atoms with Crippen molar-refractivity contribution in [3.05, 3.63) is 231 Å². The predicted molar refractivity (Wildman–Crippen MR) is 291 cm³/mol. The van der Waals surface area contributed by atoms with E-state index in [0.717, 1.165) is 0 Å². The summed E-state index contributed by atoms with van der Waals surface area (Å²) in [6, 6.07) is 85.6. The number of benzene rings is 9. The molecule has 0 atom stereocenters. The van der Waals surface area contributed by atoms with E-state index in [1.165, 1.54) is 127 Å². The normalized spacial score (nSPS) is 11.6. The zero-order valence-electron chi connectivity index (χ0n) is 35.6. The van der Waals surface area contributed by atoms with Crippen molar-refractivity contribution in [1.82, 2.24) is 0 Å². The van der Waals surface area contributed by atoms with Gasteiger partial charge in [0, 0.05) is 39.0 Å². The lowest BCUT2D eigenvalue weighted by atomic mass is 9.84. The van der Waals surface area contributed by atoms with Gasteiger partial charge >= 0.3 is 0 Å². The first-order chi connectivity index (χ1) is 32.7. The third-order valence-corrected chi connectivity index (χ3v) is 17.7. The Morgan fingerprint density at radius 2 is 0.500 bits per heavy atom. The molecule has 0 N–H and O–H groups in total. The third-order valence-electron chi connectivity index (χ3n) is 12.8. The van der Waals surface area contributed by atoms with Gasteiger partial charge in [0.05, 0.1) is 0 Å². The molecule has 0 radical (unpaired) electrons. The lowest BCUT2D eigenvalue weighted by Gasteiger charge is -2.20. The van der Waals surface area contributed by atoms with E-state index in [1.807, 2.05) is 45.3 Å². The van der Waals surface area contributed by atoms with Crippen LogP contribution < -0.4 is 0 Å². The van der Waals surface area contributed by atoms with Crippen molar-refractivity contribution in [3.8, 4) is 83.5 Å². The standard InChI is InChI=1S/C62H38S4/c1-3-13-41(14-4-1)53-27-31-57(63-53)59-33-29-55(65-59)45-23-25-49-51(37-45)61(47-21-19-39-11-7-9-17-43(39)35-47)50-26-24-46(38-52(50)62(49)48-22-20-40-12-8-10-18-44(40)36-48)56-30-34-60(66-56)58-32-28-54(64-58)42-15-5-2-6-16-42/h1-38H. The van der Waals surface area contributed by atoms with Gasteiger partial charge in [0.25, 0.3) is 0 Å². The van der Waals surface area contributed by atoms with Gasteiger partial charge in [-0.25, -0.2) is 0 Å². The molecule has 0 amide bonds. The molecule has 0 unspecified atom stereocenters. The van der Waals surface area contributed by atoms with Gasteiger partial charge in [0.2, 0.25) is 0 Å². The molecule has 0 aliphatic rings. The lowest BCUT2D eigenvalue weighted by molar-refractivity contribution is 1.67. The maximum Gasteiger partial charge on any atom is 0.0449 e. The summed E-state index contributed by atoms with van der Waals surface area (Å²) >= 11 is 7.48. The lowest BCUT2D eigenvalue weighted by Crippen LogP contribution is -1.92. The summed E-state index contributed by atoms with van der Waals surface area (Å²) in [5, 5.41) is 10.00. The molecule has 0 spiro atoms. The van der Waals surface area contributed by atoms with E-state index < -0.39 is 0 Å². The Morgan fingerprint density at radius 1 is 0.182 bits per heavy atom. The maximum absolute atomic E-state index is 2.47. The largest absolute Gasteiger partial charge is 0.134 e. The zero-order valence-corrected chi connectivity index (χ0v) is 38.8. The predicted octanol–water partition coefficient (Wildman–Crippen LogP) is 19.9. The summed E-state index contributed by atoms with van der Waals surface area (Å²) in [4.78, 5) is 10.3. The minimum absolute atomic E-state index is 1.22. The van der Waals surface area contributed by atoms with E-state index >= 15 is 0 Å². The van der Waals surface area contributed by atoms with Gasteiger partial charge in [-0.05, 0) is 160 Å². The highest BCUT2D eigenvalue weighted by atomic mass is 32.1. The van der Waals surface area contributed by atoms with Crippen molar-refractivity contribution < 1.29 is 0 Å². The average molecular weight is 911 g/mol. The molecule has 4 heteroatoms. The van der Waals surface area contributed by atoms with E-state index in [0.29, 0.717) is 0 Å². The van der Waals surface area contributed by atoms with Crippen molar-refractivity contribution in [2.24, 2.45) is 0 Å². The van der Waals surface area contributed by atoms with Crippen LogP contribution >= 0.6 is 45.3 Å². The van der Waals surface area contributed by atoms with E-state index in [9.17, 15) is 0 Å². The molecule has 0 saturated heterocycles. The van der Waals surface area contributed by atoms with Gasteiger partial charge in [-0.3, -0.25) is 0 Å². The summed E-state index contributed by atoms with van der Waals surface area (Å²) in [7, 11) is 0. The molecule has 0 aliphatic carbocycles. The summed E-state index contributed by atoms with van der Waals surface area (Å²) in [5.41, 5.74) is 9.98. The Bertz CT molecular complexity index is 3680. The molecule has 66 heavy (non-hydrogen) atoms. The number of rotatable bonds is 8. The fourth-order valence-corrected chi connectivity index (χ4v) is 13.8. The van der Waals surface area contributed by atoms with Crippen molar-refractivity contribution >= 4 is 88.4 Å². The number of hydrogen-bond acceptors (Lipinski definition) is 4. The van der Waals surface area contributed by atoms with Crippen LogP contribution in [0.4, 0.5) is 0 Å². The molecule has 0 fully saturated rings. The van der Waals surface area contributed by atoms with Crippen molar-refractivity contribution in [3.63, 3.8) is 0 Å². The fourth-order valence-electron chi connectivity index (χ4n) is 9.55. The second kappa shape index (κ2) is 16.4. The second-order valence-corrected chi connectivity index (χ2v) is 21.1. The summed E-state index contributed by atoms with van der Waals surface area (Å²) in [6.45, 7) is 0. The van der Waals surface area contributed by atoms with Crippen LogP contribution in [0.15, 0.2) is 231 Å². The minimum atomic E-state index is 1.22. The number of hydrogen-bond donors (Lipinski definition) is 0. The van der Waals surface area contributed by atoms with E-state index in [4.69, 9.17) is 0 Å². The van der Waals surface area contributed by atoms with Gasteiger partial charge < -0.3 is 0 Å². The van der Waals surface area contributed by atoms with Gasteiger partial charge in [-0.1, -0.05) is 158 Å². The van der Waals surface area contributed by atoms with Crippen molar-refractivity contribution in [2.45, 2.75) is 0 Å². The Labute approximate surface area is 399 Å². The van der Waals surface area contributed by atoms with Crippen LogP contribution in [-0.2, 0) is 0 Å². The van der Waals surface area contributed by atoms with Crippen molar-refractivity contribution in [1.29, 1.82) is 0 Å². The van der Waals surface area contributed by atoms with Crippen molar-refractivity contribution in [2.75, 3.05) is 0 Å². The molecule has 0 aliphatic heterocycles. The molecule has 4 heterocycles. The fraction of sp³-hybridized carbons (Fsp3) is 0. The second-order valence-electron chi connectivity index (χ2n) is 16.8. The van der Waals surface area contributed by atoms with E-state index in [1.54, 1.807) is 0 Å². The van der Waals surface area contributed by atoms with Crippen LogP contribution in [0.1, 0.15) is 0 Å². The highest BCUT2D eigenvalue weighted by Crippen LogP contribution is 2.49. The van der Waals surface area contributed by atoms with Gasteiger partial charge in [-0.2, -0.15) is 0 Å². The van der Waals surface area contributed by atoms with Crippen LogP contribution in [0.5, 0.6) is 0 Å². The van der Waals surface area contributed by atoms with Crippen LogP contribution in [0.25, 0.3) is 127 Å². The Balaban J connectivity index is 1.01. The molecule has 9 aromatic carbocycles. The molecule has 13 aromatic rings. The number of fused-ring (bicyclic) bond motifs is 4.